The number of aromatic nitrogens is 4. The number of fused-ring (bicyclic) bond motifs is 1. The fourth-order valence-electron chi connectivity index (χ4n) is 2.91. The number of ether oxygens (including phenoxy) is 1. The van der Waals surface area contributed by atoms with E-state index in [1.807, 2.05) is 10.9 Å². The molecule has 2 N–H and O–H groups in total. The highest BCUT2D eigenvalue weighted by Gasteiger charge is 2.22. The first-order chi connectivity index (χ1) is 12.7. The highest BCUT2D eigenvalue weighted by atomic mass is 127. The Morgan fingerprint density at radius 1 is 1.44 bits per heavy atom. The largest absolute Gasteiger partial charge is 0.377 e. The van der Waals surface area contributed by atoms with Gasteiger partial charge in [0.15, 0.2) is 11.8 Å². The quantitative estimate of drug-likeness (QED) is 0.341. The molecule has 3 rings (SSSR count). The van der Waals surface area contributed by atoms with Gasteiger partial charge in [0.05, 0.1) is 13.1 Å². The molecule has 0 aromatic carbocycles. The third kappa shape index (κ3) is 6.11. The molecule has 10 heteroatoms. The summed E-state index contributed by atoms with van der Waals surface area (Å²) in [6.45, 7) is 6.88. The Balaban J connectivity index is 0.00000261. The smallest absolute Gasteiger partial charge is 0.191 e. The topological polar surface area (TPSA) is 89.2 Å². The number of hydrogen-bond acceptors (Lipinski definition) is 6. The summed E-state index contributed by atoms with van der Waals surface area (Å²) in [5.74, 6) is 2.61. The molecule has 8 nitrogen and oxygen atoms in total. The maximum absolute atomic E-state index is 5.12. The number of nitrogens with zero attached hydrogens (tertiary/aromatic N) is 5. The van der Waals surface area contributed by atoms with Gasteiger partial charge in [-0.3, -0.25) is 0 Å². The van der Waals surface area contributed by atoms with Crippen LogP contribution in [0.4, 0.5) is 0 Å². The number of aliphatic imine (C=N–C) groups is 1. The number of halogens is 1. The molecule has 1 aliphatic heterocycles. The fourth-order valence-corrected chi connectivity index (χ4v) is 3.70. The zero-order valence-electron chi connectivity index (χ0n) is 16.1. The molecule has 150 valence electrons. The molecular formula is C17H28IN7OS. The molecule has 0 aliphatic carbocycles. The average molecular weight is 505 g/mol. The molecule has 1 aliphatic rings. The fraction of sp³-hybridized carbons (Fsp3) is 0.647. The Kier molecular flexibility index (Phi) is 8.90. The number of rotatable bonds is 7. The highest BCUT2D eigenvalue weighted by Crippen LogP contribution is 2.15. The third-order valence-corrected chi connectivity index (χ3v) is 5.31. The van der Waals surface area contributed by atoms with Crippen molar-refractivity contribution in [2.45, 2.75) is 58.8 Å². The number of nitrogens with one attached hydrogen (secondary N) is 2. The number of guanidine groups is 1. The molecule has 0 amide bonds. The summed E-state index contributed by atoms with van der Waals surface area (Å²) in [4.78, 5) is 15.0. The van der Waals surface area contributed by atoms with Gasteiger partial charge < -0.3 is 15.4 Å². The van der Waals surface area contributed by atoms with E-state index in [2.05, 4.69) is 39.5 Å². The first-order valence-electron chi connectivity index (χ1n) is 9.11. The molecule has 0 radical (unpaired) electrons. The highest BCUT2D eigenvalue weighted by molar-refractivity contribution is 14.0. The van der Waals surface area contributed by atoms with Crippen molar-refractivity contribution in [1.29, 1.82) is 0 Å². The number of hydrogen-bond donors (Lipinski definition) is 2. The van der Waals surface area contributed by atoms with Gasteiger partial charge in [-0.2, -0.15) is 5.10 Å². The Labute approximate surface area is 181 Å². The van der Waals surface area contributed by atoms with E-state index in [0.717, 1.165) is 55.0 Å². The first kappa shape index (κ1) is 22.0. The van der Waals surface area contributed by atoms with Crippen LogP contribution in [0.1, 0.15) is 41.8 Å². The van der Waals surface area contributed by atoms with Gasteiger partial charge in [0.2, 0.25) is 0 Å². The summed E-state index contributed by atoms with van der Waals surface area (Å²) in [6.07, 6.45) is 4.88. The Morgan fingerprint density at radius 2 is 2.30 bits per heavy atom. The van der Waals surface area contributed by atoms with Crippen LogP contribution < -0.4 is 10.6 Å². The SMILES string of the molecule is CCNC(=NCc1ncc(CC)s1)NC1CCc2nc(COC)nn2C1.I. The Bertz CT molecular complexity index is 745. The number of thiazole rings is 1. The van der Waals surface area contributed by atoms with E-state index >= 15 is 0 Å². The Morgan fingerprint density at radius 3 is 3.00 bits per heavy atom. The van der Waals surface area contributed by atoms with E-state index in [1.165, 1.54) is 4.88 Å². The Hall–Kier alpha value is -1.27. The van der Waals surface area contributed by atoms with E-state index in [4.69, 9.17) is 9.73 Å². The van der Waals surface area contributed by atoms with Gasteiger partial charge in [-0.1, -0.05) is 6.92 Å². The standard InChI is InChI=1S/C17H27N7OS.HI/c1-4-13-8-19-16(26-13)9-20-17(18-5-2)21-12-6-7-15-22-14(11-25-3)23-24(15)10-12;/h8,12H,4-7,9-11H2,1-3H3,(H2,18,20,21);1H. The maximum Gasteiger partial charge on any atom is 0.191 e. The van der Waals surface area contributed by atoms with E-state index in [0.29, 0.717) is 13.2 Å². The normalized spacial score (nSPS) is 16.6. The summed E-state index contributed by atoms with van der Waals surface area (Å²) in [5.41, 5.74) is 0. The summed E-state index contributed by atoms with van der Waals surface area (Å²) in [6, 6.07) is 0.278. The summed E-state index contributed by atoms with van der Waals surface area (Å²) in [5, 5.41) is 12.4. The molecule has 27 heavy (non-hydrogen) atoms. The van der Waals surface area contributed by atoms with Crippen molar-refractivity contribution in [3.8, 4) is 0 Å². The minimum absolute atomic E-state index is 0. The van der Waals surface area contributed by atoms with Crippen LogP contribution in [-0.4, -0.2) is 45.4 Å². The van der Waals surface area contributed by atoms with Crippen LogP contribution in [-0.2, 0) is 37.3 Å². The van der Waals surface area contributed by atoms with Crippen molar-refractivity contribution in [1.82, 2.24) is 30.4 Å². The molecule has 0 spiro atoms. The van der Waals surface area contributed by atoms with Crippen molar-refractivity contribution >= 4 is 41.3 Å². The van der Waals surface area contributed by atoms with Crippen molar-refractivity contribution in [2.24, 2.45) is 4.99 Å². The minimum Gasteiger partial charge on any atom is -0.377 e. The monoisotopic (exact) mass is 505 g/mol. The van der Waals surface area contributed by atoms with Gasteiger partial charge in [0, 0.05) is 37.2 Å². The van der Waals surface area contributed by atoms with Crippen LogP contribution >= 0.6 is 35.3 Å². The van der Waals surface area contributed by atoms with Crippen LogP contribution in [0.3, 0.4) is 0 Å². The molecule has 0 saturated carbocycles. The molecule has 0 bridgehead atoms. The van der Waals surface area contributed by atoms with Gasteiger partial charge in [-0.25, -0.2) is 19.6 Å². The van der Waals surface area contributed by atoms with E-state index in [-0.39, 0.29) is 30.0 Å². The third-order valence-electron chi connectivity index (χ3n) is 4.18. The van der Waals surface area contributed by atoms with E-state index in [1.54, 1.807) is 18.4 Å². The van der Waals surface area contributed by atoms with E-state index in [9.17, 15) is 0 Å². The van der Waals surface area contributed by atoms with Gasteiger partial charge in [-0.15, -0.1) is 35.3 Å². The second-order valence-corrected chi connectivity index (χ2v) is 7.41. The molecule has 3 heterocycles. The number of aryl methyl sites for hydroxylation is 2. The minimum atomic E-state index is 0. The van der Waals surface area contributed by atoms with Crippen molar-refractivity contribution in [3.63, 3.8) is 0 Å². The van der Waals surface area contributed by atoms with Gasteiger partial charge in [0.25, 0.3) is 0 Å². The predicted octanol–water partition coefficient (Wildman–Crippen LogP) is 2.13. The average Bonchev–Trinajstić information content (AvgIpc) is 3.26. The second kappa shape index (κ2) is 10.9. The first-order valence-corrected chi connectivity index (χ1v) is 9.93. The lowest BCUT2D eigenvalue weighted by Crippen LogP contribution is -2.47. The molecule has 2 aromatic rings. The van der Waals surface area contributed by atoms with Gasteiger partial charge in [0.1, 0.15) is 17.4 Å². The summed E-state index contributed by atoms with van der Waals surface area (Å²) in [7, 11) is 1.66. The number of methoxy groups -OCH3 is 1. The van der Waals surface area contributed by atoms with Crippen LogP contribution in [0, 0.1) is 0 Å². The molecule has 0 saturated heterocycles. The van der Waals surface area contributed by atoms with Crippen molar-refractivity contribution in [3.05, 3.63) is 27.7 Å². The van der Waals surface area contributed by atoms with Gasteiger partial charge >= 0.3 is 0 Å². The zero-order valence-corrected chi connectivity index (χ0v) is 19.2. The van der Waals surface area contributed by atoms with Crippen molar-refractivity contribution in [2.75, 3.05) is 13.7 Å². The van der Waals surface area contributed by atoms with Crippen LogP contribution in [0.5, 0.6) is 0 Å². The summed E-state index contributed by atoms with van der Waals surface area (Å²) < 4.78 is 7.10. The van der Waals surface area contributed by atoms with Crippen LogP contribution in [0.2, 0.25) is 0 Å². The van der Waals surface area contributed by atoms with Crippen LogP contribution in [0.25, 0.3) is 0 Å². The van der Waals surface area contributed by atoms with E-state index < -0.39 is 0 Å². The van der Waals surface area contributed by atoms with Crippen molar-refractivity contribution < 1.29 is 4.74 Å². The lowest BCUT2D eigenvalue weighted by molar-refractivity contribution is 0.177. The predicted molar refractivity (Wildman–Crippen MR) is 118 cm³/mol. The lowest BCUT2D eigenvalue weighted by atomic mass is 10.1. The zero-order chi connectivity index (χ0) is 18.4. The molecular weight excluding hydrogens is 477 g/mol. The molecule has 0 fully saturated rings. The molecule has 1 atom stereocenters. The molecule has 1 unspecified atom stereocenters. The lowest BCUT2D eigenvalue weighted by Gasteiger charge is -2.25. The summed E-state index contributed by atoms with van der Waals surface area (Å²) >= 11 is 1.73. The maximum atomic E-state index is 5.12. The second-order valence-electron chi connectivity index (χ2n) is 6.21. The molecule has 2 aromatic heterocycles. The van der Waals surface area contributed by atoms with Gasteiger partial charge in [-0.05, 0) is 19.8 Å². The van der Waals surface area contributed by atoms with Crippen LogP contribution in [0.15, 0.2) is 11.2 Å².